The first-order valence-corrected chi connectivity index (χ1v) is 6.59. The van der Waals surface area contributed by atoms with Crippen LogP contribution in [0.3, 0.4) is 0 Å². The molecule has 1 aliphatic heterocycles. The highest BCUT2D eigenvalue weighted by Crippen LogP contribution is 2.22. The molecule has 1 aliphatic rings. The summed E-state index contributed by atoms with van der Waals surface area (Å²) in [5, 5.41) is 9.76. The summed E-state index contributed by atoms with van der Waals surface area (Å²) >= 11 is 0. The molecule has 0 saturated carbocycles. The second-order valence-electron chi connectivity index (χ2n) is 5.87. The maximum Gasteiger partial charge on any atom is 0.0741 e. The Morgan fingerprint density at radius 1 is 1.25 bits per heavy atom. The zero-order chi connectivity index (χ0) is 12.2. The molecule has 1 fully saturated rings. The van der Waals surface area contributed by atoms with Crippen molar-refractivity contribution in [2.75, 3.05) is 26.2 Å². The standard InChI is InChI=1S/C13H28N2O/c1-11-8-15(9-12(11)2)7-5-4-6-13(3,16)10-14/h11-12,16H,4-10,14H2,1-3H3. The molecule has 16 heavy (non-hydrogen) atoms. The number of rotatable bonds is 6. The van der Waals surface area contributed by atoms with Crippen molar-refractivity contribution in [3.05, 3.63) is 0 Å². The van der Waals surface area contributed by atoms with E-state index in [1.54, 1.807) is 0 Å². The lowest BCUT2D eigenvalue weighted by Crippen LogP contribution is -2.34. The summed E-state index contributed by atoms with van der Waals surface area (Å²) in [6.45, 7) is 10.5. The van der Waals surface area contributed by atoms with Gasteiger partial charge in [0.05, 0.1) is 5.60 Å². The van der Waals surface area contributed by atoms with E-state index in [-0.39, 0.29) is 0 Å². The highest BCUT2D eigenvalue weighted by atomic mass is 16.3. The van der Waals surface area contributed by atoms with Crippen molar-refractivity contribution in [1.82, 2.24) is 4.90 Å². The number of nitrogens with two attached hydrogens (primary N) is 1. The molecule has 3 N–H and O–H groups in total. The van der Waals surface area contributed by atoms with E-state index >= 15 is 0 Å². The molecular formula is C13H28N2O. The molecule has 0 aromatic carbocycles. The van der Waals surface area contributed by atoms with Gasteiger partial charge in [-0.1, -0.05) is 13.8 Å². The third kappa shape index (κ3) is 4.40. The smallest absolute Gasteiger partial charge is 0.0741 e. The van der Waals surface area contributed by atoms with Crippen LogP contribution in [0.1, 0.15) is 40.0 Å². The summed E-state index contributed by atoms with van der Waals surface area (Å²) in [4.78, 5) is 2.55. The van der Waals surface area contributed by atoms with Crippen molar-refractivity contribution in [1.29, 1.82) is 0 Å². The van der Waals surface area contributed by atoms with Crippen LogP contribution < -0.4 is 5.73 Å². The molecular weight excluding hydrogens is 200 g/mol. The SMILES string of the molecule is CC1CN(CCCCC(C)(O)CN)CC1C. The van der Waals surface area contributed by atoms with E-state index < -0.39 is 5.60 Å². The van der Waals surface area contributed by atoms with Gasteiger partial charge < -0.3 is 15.7 Å². The van der Waals surface area contributed by atoms with Crippen LogP contribution in [0, 0.1) is 11.8 Å². The fraction of sp³-hybridized carbons (Fsp3) is 1.00. The number of aliphatic hydroxyl groups is 1. The molecule has 0 amide bonds. The van der Waals surface area contributed by atoms with Gasteiger partial charge in [-0.15, -0.1) is 0 Å². The molecule has 0 aromatic heterocycles. The minimum Gasteiger partial charge on any atom is -0.389 e. The fourth-order valence-electron chi connectivity index (χ4n) is 2.37. The fourth-order valence-corrected chi connectivity index (χ4v) is 2.37. The van der Waals surface area contributed by atoms with Gasteiger partial charge in [0, 0.05) is 19.6 Å². The van der Waals surface area contributed by atoms with Gasteiger partial charge in [-0.05, 0) is 44.6 Å². The second-order valence-corrected chi connectivity index (χ2v) is 5.87. The maximum absolute atomic E-state index is 9.76. The van der Waals surface area contributed by atoms with Crippen molar-refractivity contribution in [2.45, 2.75) is 45.6 Å². The Bertz CT molecular complexity index is 196. The highest BCUT2D eigenvalue weighted by molar-refractivity contribution is 4.79. The van der Waals surface area contributed by atoms with Gasteiger partial charge in [-0.25, -0.2) is 0 Å². The first kappa shape index (κ1) is 13.9. The Balaban J connectivity index is 2.08. The molecule has 1 heterocycles. The van der Waals surface area contributed by atoms with Crippen LogP contribution in [0.15, 0.2) is 0 Å². The van der Waals surface area contributed by atoms with Gasteiger partial charge in [0.25, 0.3) is 0 Å². The molecule has 3 atom stereocenters. The van der Waals surface area contributed by atoms with Crippen molar-refractivity contribution in [3.63, 3.8) is 0 Å². The molecule has 0 aromatic rings. The Morgan fingerprint density at radius 3 is 2.31 bits per heavy atom. The lowest BCUT2D eigenvalue weighted by Gasteiger charge is -2.21. The molecule has 3 unspecified atom stereocenters. The summed E-state index contributed by atoms with van der Waals surface area (Å²) in [5.74, 6) is 1.68. The molecule has 3 heteroatoms. The lowest BCUT2D eigenvalue weighted by molar-refractivity contribution is 0.0565. The van der Waals surface area contributed by atoms with Crippen LogP contribution in [-0.4, -0.2) is 41.8 Å². The van der Waals surface area contributed by atoms with Crippen LogP contribution in [0.2, 0.25) is 0 Å². The quantitative estimate of drug-likeness (QED) is 0.677. The molecule has 0 bridgehead atoms. The third-order valence-electron chi connectivity index (χ3n) is 3.94. The zero-order valence-electron chi connectivity index (χ0n) is 11.1. The van der Waals surface area contributed by atoms with E-state index in [4.69, 9.17) is 5.73 Å². The molecule has 96 valence electrons. The van der Waals surface area contributed by atoms with E-state index in [1.165, 1.54) is 26.1 Å². The molecule has 1 rings (SSSR count). The summed E-state index contributed by atoms with van der Waals surface area (Å²) in [6, 6.07) is 0. The van der Waals surface area contributed by atoms with E-state index in [1.807, 2.05) is 6.92 Å². The average Bonchev–Trinajstić information content (AvgIpc) is 2.54. The summed E-state index contributed by atoms with van der Waals surface area (Å²) in [7, 11) is 0. The van der Waals surface area contributed by atoms with E-state index in [2.05, 4.69) is 18.7 Å². The van der Waals surface area contributed by atoms with E-state index in [0.717, 1.165) is 24.7 Å². The van der Waals surface area contributed by atoms with Crippen LogP contribution in [-0.2, 0) is 0 Å². The van der Waals surface area contributed by atoms with Crippen LogP contribution >= 0.6 is 0 Å². The van der Waals surface area contributed by atoms with Crippen molar-refractivity contribution in [3.8, 4) is 0 Å². The predicted octanol–water partition coefficient (Wildman–Crippen LogP) is 1.45. The number of likely N-dealkylation sites (tertiary alicyclic amines) is 1. The summed E-state index contributed by atoms with van der Waals surface area (Å²) in [6.07, 6.45) is 3.07. The Hall–Kier alpha value is -0.120. The van der Waals surface area contributed by atoms with Gasteiger partial charge in [0.2, 0.25) is 0 Å². The van der Waals surface area contributed by atoms with Gasteiger partial charge in [0.1, 0.15) is 0 Å². The van der Waals surface area contributed by atoms with Crippen molar-refractivity contribution >= 4 is 0 Å². The maximum atomic E-state index is 9.76. The minimum atomic E-state index is -0.661. The zero-order valence-corrected chi connectivity index (χ0v) is 11.1. The van der Waals surface area contributed by atoms with E-state index in [9.17, 15) is 5.11 Å². The third-order valence-corrected chi connectivity index (χ3v) is 3.94. The van der Waals surface area contributed by atoms with E-state index in [0.29, 0.717) is 6.54 Å². The van der Waals surface area contributed by atoms with Crippen LogP contribution in [0.4, 0.5) is 0 Å². The molecule has 0 radical (unpaired) electrons. The number of nitrogens with zero attached hydrogens (tertiary/aromatic N) is 1. The minimum absolute atomic E-state index is 0.366. The van der Waals surface area contributed by atoms with Gasteiger partial charge in [-0.2, -0.15) is 0 Å². The lowest BCUT2D eigenvalue weighted by atomic mass is 9.99. The van der Waals surface area contributed by atoms with Crippen molar-refractivity contribution in [2.24, 2.45) is 17.6 Å². The van der Waals surface area contributed by atoms with Gasteiger partial charge in [-0.3, -0.25) is 0 Å². The van der Waals surface area contributed by atoms with Crippen molar-refractivity contribution < 1.29 is 5.11 Å². The Morgan fingerprint density at radius 2 is 1.81 bits per heavy atom. The second kappa shape index (κ2) is 5.99. The number of unbranched alkanes of at least 4 members (excludes halogenated alkanes) is 1. The first-order valence-electron chi connectivity index (χ1n) is 6.59. The summed E-state index contributed by atoms with van der Waals surface area (Å²) < 4.78 is 0. The topological polar surface area (TPSA) is 49.5 Å². The molecule has 3 nitrogen and oxygen atoms in total. The van der Waals surface area contributed by atoms with Crippen LogP contribution in [0.5, 0.6) is 0 Å². The molecule has 1 saturated heterocycles. The number of hydrogen-bond donors (Lipinski definition) is 2. The Labute approximate surface area is 100 Å². The molecule has 0 spiro atoms. The average molecular weight is 228 g/mol. The summed E-state index contributed by atoms with van der Waals surface area (Å²) in [5.41, 5.74) is 4.83. The van der Waals surface area contributed by atoms with Gasteiger partial charge >= 0.3 is 0 Å². The predicted molar refractivity (Wildman–Crippen MR) is 68.3 cm³/mol. The normalized spacial score (nSPS) is 30.6. The number of hydrogen-bond acceptors (Lipinski definition) is 3. The first-order chi connectivity index (χ1) is 7.44. The highest BCUT2D eigenvalue weighted by Gasteiger charge is 2.25. The van der Waals surface area contributed by atoms with Gasteiger partial charge in [0.15, 0.2) is 0 Å². The molecule has 0 aliphatic carbocycles. The van der Waals surface area contributed by atoms with Crippen LogP contribution in [0.25, 0.3) is 0 Å². The monoisotopic (exact) mass is 228 g/mol. The largest absolute Gasteiger partial charge is 0.389 e. The Kier molecular flexibility index (Phi) is 5.22.